The van der Waals surface area contributed by atoms with Crippen LogP contribution in [0, 0.1) is 0 Å². The number of hydrogen-bond donors (Lipinski definition) is 2. The van der Waals surface area contributed by atoms with E-state index in [0.29, 0.717) is 34.2 Å². The normalized spacial score (nSPS) is 9.82. The molecule has 0 bridgehead atoms. The number of methoxy groups -OCH3 is 4. The summed E-state index contributed by atoms with van der Waals surface area (Å²) in [5.41, 5.74) is 0.463. The molecule has 0 amide bonds. The van der Waals surface area contributed by atoms with Crippen molar-refractivity contribution in [3.63, 3.8) is 0 Å². The van der Waals surface area contributed by atoms with Gasteiger partial charge in [0.25, 0.3) is 0 Å². The summed E-state index contributed by atoms with van der Waals surface area (Å²) < 4.78 is 41.8. The second-order valence-electron chi connectivity index (χ2n) is 7.04. The Hall–Kier alpha value is -2.66. The minimum absolute atomic E-state index is 0. The van der Waals surface area contributed by atoms with E-state index in [1.807, 2.05) is 0 Å². The molecule has 0 fully saturated rings. The van der Waals surface area contributed by atoms with Gasteiger partial charge < -0.3 is 29.4 Å². The van der Waals surface area contributed by atoms with E-state index in [4.69, 9.17) is 24.1 Å². The zero-order valence-corrected chi connectivity index (χ0v) is 20.3. The maximum atomic E-state index is 11.1. The second kappa shape index (κ2) is 14.6. The number of carboxylic acid groups (broad SMARTS) is 1. The standard InChI is InChI=1S/C12H15NO5S.C11H14O3.Na.H/c1-12(2,11(14)15)13-9-6-8(7-19(16)17)4-5-10(9)18-3;1-5-9-10(13-3)6-8(12-2)7-11(9)14-4;;/h4-7,13H,1-3H3,(H,14,15);5-7H,1H2,2-4H3;;. The number of carbonyl (C=O) groups is 1. The van der Waals surface area contributed by atoms with Gasteiger partial charge in [-0.15, -0.1) is 0 Å². The van der Waals surface area contributed by atoms with Crippen LogP contribution in [0.2, 0.25) is 0 Å². The first-order valence-electron chi connectivity index (χ1n) is 9.57. The van der Waals surface area contributed by atoms with E-state index in [1.165, 1.54) is 27.0 Å². The Morgan fingerprint density at radius 3 is 1.88 bits per heavy atom. The molecule has 2 rings (SSSR count). The van der Waals surface area contributed by atoms with Gasteiger partial charge in [0.2, 0.25) is 10.3 Å². The van der Waals surface area contributed by atoms with E-state index in [9.17, 15) is 13.2 Å². The van der Waals surface area contributed by atoms with Crippen LogP contribution in [0.1, 0.15) is 25.0 Å². The molecule has 0 saturated carbocycles. The van der Waals surface area contributed by atoms with Crippen molar-refractivity contribution in [2.24, 2.45) is 0 Å². The van der Waals surface area contributed by atoms with Gasteiger partial charge in [-0.1, -0.05) is 18.7 Å². The Kier molecular flexibility index (Phi) is 13.4. The summed E-state index contributed by atoms with van der Waals surface area (Å²) in [6, 6.07) is 8.23. The van der Waals surface area contributed by atoms with Gasteiger partial charge in [0.05, 0.1) is 45.1 Å². The molecular weight excluding hydrogens is 473 g/mol. The molecule has 11 heteroatoms. The molecular formula is C23H30NNaO8S. The van der Waals surface area contributed by atoms with Crippen LogP contribution in [0.4, 0.5) is 5.69 Å². The Labute approximate surface area is 223 Å². The summed E-state index contributed by atoms with van der Waals surface area (Å²) in [6.07, 6.45) is 1.69. The molecule has 0 aliphatic rings. The van der Waals surface area contributed by atoms with Gasteiger partial charge in [0.1, 0.15) is 28.5 Å². The molecule has 2 N–H and O–H groups in total. The van der Waals surface area contributed by atoms with E-state index in [-0.39, 0.29) is 29.6 Å². The molecule has 0 unspecified atom stereocenters. The Balaban J connectivity index is 0.000000649. The van der Waals surface area contributed by atoms with E-state index < -0.39 is 21.8 Å². The average molecular weight is 504 g/mol. The third-order valence-electron chi connectivity index (χ3n) is 4.39. The number of carboxylic acids is 1. The Morgan fingerprint density at radius 2 is 1.50 bits per heavy atom. The van der Waals surface area contributed by atoms with Gasteiger partial charge in [0.15, 0.2) is 0 Å². The number of anilines is 1. The van der Waals surface area contributed by atoms with E-state index >= 15 is 0 Å². The molecule has 34 heavy (non-hydrogen) atoms. The monoisotopic (exact) mass is 503 g/mol. The Bertz CT molecular complexity index is 1100. The molecule has 0 aliphatic carbocycles. The van der Waals surface area contributed by atoms with Crippen molar-refractivity contribution in [1.82, 2.24) is 0 Å². The zero-order chi connectivity index (χ0) is 25.2. The fourth-order valence-electron chi connectivity index (χ4n) is 2.63. The van der Waals surface area contributed by atoms with Gasteiger partial charge in [-0.25, -0.2) is 4.79 Å². The molecule has 9 nitrogen and oxygen atoms in total. The SMILES string of the molecule is C=Cc1c(OC)cc(OC)cc1OC.COc1ccc(C=S(=O)=O)cc1NC(C)(C)C(=O)O.[NaH]. The van der Waals surface area contributed by atoms with Gasteiger partial charge in [0, 0.05) is 12.1 Å². The number of rotatable bonds is 9. The zero-order valence-electron chi connectivity index (χ0n) is 19.5. The van der Waals surface area contributed by atoms with Gasteiger partial charge in [-0.2, -0.15) is 8.42 Å². The van der Waals surface area contributed by atoms with E-state index in [0.717, 1.165) is 10.9 Å². The molecule has 0 spiro atoms. The summed E-state index contributed by atoms with van der Waals surface area (Å²) in [5.74, 6) is 1.48. The van der Waals surface area contributed by atoms with Crippen LogP contribution < -0.4 is 24.3 Å². The van der Waals surface area contributed by atoms with Crippen LogP contribution in [0.15, 0.2) is 36.9 Å². The van der Waals surface area contributed by atoms with Crippen LogP contribution in [0.5, 0.6) is 23.0 Å². The van der Waals surface area contributed by atoms with Crippen molar-refractivity contribution >= 4 is 63.0 Å². The predicted octanol–water partition coefficient (Wildman–Crippen LogP) is 2.71. The first-order chi connectivity index (χ1) is 15.5. The summed E-state index contributed by atoms with van der Waals surface area (Å²) in [4.78, 5) is 11.1. The summed E-state index contributed by atoms with van der Waals surface area (Å²) in [7, 11) is 3.92. The molecule has 182 valence electrons. The second-order valence-corrected chi connectivity index (χ2v) is 7.80. The van der Waals surface area contributed by atoms with Gasteiger partial charge in [-0.05, 0) is 31.5 Å². The van der Waals surface area contributed by atoms with Crippen molar-refractivity contribution in [2.75, 3.05) is 33.8 Å². The van der Waals surface area contributed by atoms with E-state index in [2.05, 4.69) is 11.9 Å². The predicted molar refractivity (Wildman–Crippen MR) is 136 cm³/mol. The van der Waals surface area contributed by atoms with Crippen molar-refractivity contribution in [1.29, 1.82) is 0 Å². The van der Waals surface area contributed by atoms with Crippen LogP contribution in [-0.2, 0) is 15.1 Å². The van der Waals surface area contributed by atoms with Crippen LogP contribution in [0.25, 0.3) is 6.08 Å². The van der Waals surface area contributed by atoms with E-state index in [1.54, 1.807) is 51.7 Å². The summed E-state index contributed by atoms with van der Waals surface area (Å²) >= 11 is 0. The van der Waals surface area contributed by atoms with Crippen LogP contribution >= 0.6 is 0 Å². The number of ether oxygens (including phenoxy) is 4. The maximum absolute atomic E-state index is 11.1. The fourth-order valence-corrected chi connectivity index (χ4v) is 3.00. The Morgan fingerprint density at radius 1 is 0.971 bits per heavy atom. The van der Waals surface area contributed by atoms with Crippen LogP contribution in [0.3, 0.4) is 0 Å². The number of hydrogen-bond acceptors (Lipinski definition) is 8. The molecule has 0 saturated heterocycles. The number of nitrogens with one attached hydrogen (secondary N) is 1. The van der Waals surface area contributed by atoms with Crippen molar-refractivity contribution in [3.8, 4) is 23.0 Å². The third-order valence-corrected chi connectivity index (χ3v) is 4.86. The van der Waals surface area contributed by atoms with Crippen LogP contribution in [-0.4, -0.2) is 88.4 Å². The molecule has 0 aromatic heterocycles. The molecule has 0 aliphatic heterocycles. The van der Waals surface area contributed by atoms with Crippen molar-refractivity contribution < 1.29 is 37.3 Å². The van der Waals surface area contributed by atoms with Gasteiger partial charge in [-0.3, -0.25) is 0 Å². The first-order valence-corrected chi connectivity index (χ1v) is 10.7. The van der Waals surface area contributed by atoms with Gasteiger partial charge >= 0.3 is 35.5 Å². The molecule has 2 aromatic carbocycles. The summed E-state index contributed by atoms with van der Waals surface area (Å²) in [6.45, 7) is 6.70. The fraction of sp³-hybridized carbons (Fsp3) is 0.304. The molecule has 0 atom stereocenters. The molecule has 2 aromatic rings. The molecule has 0 heterocycles. The quantitative estimate of drug-likeness (QED) is 0.393. The third kappa shape index (κ3) is 8.94. The van der Waals surface area contributed by atoms with Crippen molar-refractivity contribution in [2.45, 2.75) is 19.4 Å². The minimum atomic E-state index is -2.33. The number of benzene rings is 2. The topological polar surface area (TPSA) is 120 Å². The average Bonchev–Trinajstić information content (AvgIpc) is 2.77. The first kappa shape index (κ1) is 31.3. The van der Waals surface area contributed by atoms with Crippen molar-refractivity contribution in [3.05, 3.63) is 48.0 Å². The molecule has 0 radical (unpaired) electrons. The number of aliphatic carboxylic acids is 1. The summed E-state index contributed by atoms with van der Waals surface area (Å²) in [5, 5.41) is 12.9.